The minimum atomic E-state index is -0.0719. The van der Waals surface area contributed by atoms with Gasteiger partial charge in [0.1, 0.15) is 5.69 Å². The highest BCUT2D eigenvalue weighted by atomic mass is 79.9. The Balaban J connectivity index is 2.43. The first-order valence-corrected chi connectivity index (χ1v) is 6.03. The van der Waals surface area contributed by atoms with E-state index in [1.54, 1.807) is 35.1 Å². The maximum atomic E-state index is 12.3. The summed E-state index contributed by atoms with van der Waals surface area (Å²) in [6.45, 7) is 2.61. The average molecular weight is 294 g/mol. The third-order valence-corrected chi connectivity index (χ3v) is 2.89. The molecule has 0 aliphatic heterocycles. The Labute approximate surface area is 108 Å². The fourth-order valence-corrected chi connectivity index (χ4v) is 2.18. The number of carbonyl (C=O) groups excluding carboxylic acids is 1. The number of hydrogen-bond acceptors (Lipinski definition) is 3. The van der Waals surface area contributed by atoms with Gasteiger partial charge in [-0.05, 0) is 31.2 Å². The van der Waals surface area contributed by atoms with Crippen LogP contribution < -0.4 is 5.73 Å². The summed E-state index contributed by atoms with van der Waals surface area (Å²) in [6, 6.07) is 6.89. The Bertz CT molecular complexity index is 542. The minimum Gasteiger partial charge on any atom is -0.399 e. The molecule has 0 atom stereocenters. The first-order valence-electron chi connectivity index (χ1n) is 5.24. The molecule has 0 aliphatic rings. The van der Waals surface area contributed by atoms with Crippen LogP contribution >= 0.6 is 15.9 Å². The molecule has 1 aromatic carbocycles. The van der Waals surface area contributed by atoms with E-state index in [9.17, 15) is 4.79 Å². The van der Waals surface area contributed by atoms with Crippen LogP contribution in [0.2, 0.25) is 0 Å². The van der Waals surface area contributed by atoms with Gasteiger partial charge in [-0.2, -0.15) is 5.10 Å². The Hall–Kier alpha value is -1.62. The van der Waals surface area contributed by atoms with Gasteiger partial charge in [0.25, 0.3) is 0 Å². The quantitative estimate of drug-likeness (QED) is 0.699. The fourth-order valence-electron chi connectivity index (χ4n) is 1.67. The number of halogens is 1. The standard InChI is InChI=1S/C12H12BrN3O/c1-2-16-11(3-4-15-16)12(17)8-5-9(13)7-10(14)6-8/h3-7H,2,14H2,1H3. The summed E-state index contributed by atoms with van der Waals surface area (Å²) in [6.07, 6.45) is 1.62. The highest BCUT2D eigenvalue weighted by molar-refractivity contribution is 9.10. The number of anilines is 1. The molecule has 0 saturated heterocycles. The number of rotatable bonds is 3. The van der Waals surface area contributed by atoms with Crippen molar-refractivity contribution in [2.24, 2.45) is 0 Å². The van der Waals surface area contributed by atoms with Gasteiger partial charge in [-0.15, -0.1) is 0 Å². The third-order valence-electron chi connectivity index (χ3n) is 2.43. The number of carbonyl (C=O) groups is 1. The van der Waals surface area contributed by atoms with E-state index in [-0.39, 0.29) is 5.78 Å². The monoisotopic (exact) mass is 293 g/mol. The molecule has 2 N–H and O–H groups in total. The van der Waals surface area contributed by atoms with Gasteiger partial charge in [-0.1, -0.05) is 15.9 Å². The van der Waals surface area contributed by atoms with Gasteiger partial charge in [0.2, 0.25) is 5.78 Å². The molecule has 17 heavy (non-hydrogen) atoms. The lowest BCUT2D eigenvalue weighted by molar-refractivity contribution is 0.102. The van der Waals surface area contributed by atoms with Gasteiger partial charge in [0.15, 0.2) is 0 Å². The lowest BCUT2D eigenvalue weighted by atomic mass is 10.1. The first kappa shape index (κ1) is 11.9. The van der Waals surface area contributed by atoms with Crippen LogP contribution in [0.25, 0.3) is 0 Å². The summed E-state index contributed by atoms with van der Waals surface area (Å²) in [5.74, 6) is -0.0719. The van der Waals surface area contributed by atoms with E-state index in [2.05, 4.69) is 21.0 Å². The highest BCUT2D eigenvalue weighted by Crippen LogP contribution is 2.19. The molecule has 0 saturated carbocycles. The third kappa shape index (κ3) is 2.39. The predicted octanol–water partition coefficient (Wildman–Crippen LogP) is 2.48. The van der Waals surface area contributed by atoms with Gasteiger partial charge in [-0.3, -0.25) is 9.48 Å². The predicted molar refractivity (Wildman–Crippen MR) is 69.9 cm³/mol. The Morgan fingerprint density at radius 2 is 2.24 bits per heavy atom. The largest absolute Gasteiger partial charge is 0.399 e. The lowest BCUT2D eigenvalue weighted by Gasteiger charge is -2.05. The van der Waals surface area contributed by atoms with E-state index in [4.69, 9.17) is 5.73 Å². The van der Waals surface area contributed by atoms with Crippen LogP contribution in [-0.4, -0.2) is 15.6 Å². The topological polar surface area (TPSA) is 60.9 Å². The number of benzene rings is 1. The molecule has 1 heterocycles. The molecule has 0 radical (unpaired) electrons. The van der Waals surface area contributed by atoms with Gasteiger partial charge in [0, 0.05) is 28.5 Å². The van der Waals surface area contributed by atoms with Gasteiger partial charge < -0.3 is 5.73 Å². The molecule has 0 bridgehead atoms. The molecule has 2 aromatic rings. The first-order chi connectivity index (χ1) is 8.11. The minimum absolute atomic E-state index is 0.0719. The van der Waals surface area contributed by atoms with Crippen molar-refractivity contribution in [1.82, 2.24) is 9.78 Å². The number of ketones is 1. The molecule has 0 fully saturated rings. The Kier molecular flexibility index (Phi) is 3.28. The van der Waals surface area contributed by atoms with E-state index >= 15 is 0 Å². The molecule has 88 valence electrons. The fraction of sp³-hybridized carbons (Fsp3) is 0.167. The molecular weight excluding hydrogens is 282 g/mol. The normalized spacial score (nSPS) is 10.5. The summed E-state index contributed by atoms with van der Waals surface area (Å²) in [5, 5.41) is 4.08. The van der Waals surface area contributed by atoms with Gasteiger partial charge in [-0.25, -0.2) is 0 Å². The van der Waals surface area contributed by atoms with Crippen molar-refractivity contribution in [3.8, 4) is 0 Å². The van der Waals surface area contributed by atoms with E-state index in [0.29, 0.717) is 23.5 Å². The molecular formula is C12H12BrN3O. The van der Waals surface area contributed by atoms with Crippen LogP contribution in [0.4, 0.5) is 5.69 Å². The SMILES string of the molecule is CCn1nccc1C(=O)c1cc(N)cc(Br)c1. The molecule has 2 rings (SSSR count). The second kappa shape index (κ2) is 4.71. The smallest absolute Gasteiger partial charge is 0.211 e. The van der Waals surface area contributed by atoms with Crippen LogP contribution in [0.1, 0.15) is 23.0 Å². The second-order valence-electron chi connectivity index (χ2n) is 3.63. The molecule has 0 unspecified atom stereocenters. The van der Waals surface area contributed by atoms with Crippen molar-refractivity contribution >= 4 is 27.4 Å². The van der Waals surface area contributed by atoms with E-state index in [1.807, 2.05) is 6.92 Å². The Morgan fingerprint density at radius 3 is 2.88 bits per heavy atom. The number of aromatic nitrogens is 2. The van der Waals surface area contributed by atoms with Crippen LogP contribution in [0.15, 0.2) is 34.9 Å². The van der Waals surface area contributed by atoms with Crippen LogP contribution in [0.3, 0.4) is 0 Å². The van der Waals surface area contributed by atoms with E-state index in [1.165, 1.54) is 0 Å². The van der Waals surface area contributed by atoms with Gasteiger partial charge in [0.05, 0.1) is 0 Å². The van der Waals surface area contributed by atoms with Crippen molar-refractivity contribution in [2.75, 3.05) is 5.73 Å². The average Bonchev–Trinajstić information content (AvgIpc) is 2.74. The van der Waals surface area contributed by atoms with Crippen molar-refractivity contribution < 1.29 is 4.79 Å². The molecule has 5 heteroatoms. The van der Waals surface area contributed by atoms with E-state index < -0.39 is 0 Å². The Morgan fingerprint density at radius 1 is 1.47 bits per heavy atom. The van der Waals surface area contributed by atoms with Crippen LogP contribution in [-0.2, 0) is 6.54 Å². The van der Waals surface area contributed by atoms with Crippen molar-refractivity contribution in [3.63, 3.8) is 0 Å². The van der Waals surface area contributed by atoms with Crippen molar-refractivity contribution in [3.05, 3.63) is 46.2 Å². The van der Waals surface area contributed by atoms with Crippen molar-refractivity contribution in [1.29, 1.82) is 0 Å². The summed E-state index contributed by atoms with van der Waals surface area (Å²) in [4.78, 5) is 12.3. The molecule has 0 aliphatic carbocycles. The van der Waals surface area contributed by atoms with Crippen LogP contribution in [0.5, 0.6) is 0 Å². The maximum Gasteiger partial charge on any atom is 0.211 e. The molecule has 0 spiro atoms. The number of nitrogens with two attached hydrogens (primary N) is 1. The van der Waals surface area contributed by atoms with Gasteiger partial charge >= 0.3 is 0 Å². The number of aryl methyl sites for hydroxylation is 1. The number of nitrogens with zero attached hydrogens (tertiary/aromatic N) is 2. The summed E-state index contributed by atoms with van der Waals surface area (Å²) >= 11 is 3.33. The summed E-state index contributed by atoms with van der Waals surface area (Å²) in [7, 11) is 0. The molecule has 0 amide bonds. The molecule has 4 nitrogen and oxygen atoms in total. The zero-order valence-corrected chi connectivity index (χ0v) is 10.9. The second-order valence-corrected chi connectivity index (χ2v) is 4.55. The van der Waals surface area contributed by atoms with E-state index in [0.717, 1.165) is 4.47 Å². The van der Waals surface area contributed by atoms with Crippen LogP contribution in [0, 0.1) is 0 Å². The summed E-state index contributed by atoms with van der Waals surface area (Å²) < 4.78 is 2.46. The summed E-state index contributed by atoms with van der Waals surface area (Å²) in [5.41, 5.74) is 7.41. The molecule has 1 aromatic heterocycles. The zero-order valence-electron chi connectivity index (χ0n) is 9.35. The maximum absolute atomic E-state index is 12.3. The highest BCUT2D eigenvalue weighted by Gasteiger charge is 2.14. The number of nitrogen functional groups attached to an aromatic ring is 1. The zero-order chi connectivity index (χ0) is 12.4. The van der Waals surface area contributed by atoms with Crippen molar-refractivity contribution in [2.45, 2.75) is 13.5 Å². The lowest BCUT2D eigenvalue weighted by Crippen LogP contribution is -2.10. The number of hydrogen-bond donors (Lipinski definition) is 1.